The number of nitrogens with zero attached hydrogens (tertiary/aromatic N) is 2. The number of aromatic nitrogens is 2. The SMILES string of the molecule is CC(C)[C@@H](N)c1ccn(C(F)F)n1. The first kappa shape index (κ1) is 10.1. The summed E-state index contributed by atoms with van der Waals surface area (Å²) < 4.78 is 24.8. The van der Waals surface area contributed by atoms with Gasteiger partial charge in [-0.25, -0.2) is 4.68 Å². The minimum absolute atomic E-state index is 0.195. The molecular formula is C8H13F2N3. The molecule has 3 nitrogen and oxygen atoms in total. The molecule has 0 aromatic carbocycles. The molecule has 5 heteroatoms. The van der Waals surface area contributed by atoms with Crippen molar-refractivity contribution in [2.75, 3.05) is 0 Å². The zero-order valence-corrected chi connectivity index (χ0v) is 7.61. The van der Waals surface area contributed by atoms with Crippen molar-refractivity contribution in [3.05, 3.63) is 18.0 Å². The Morgan fingerprint density at radius 1 is 1.46 bits per heavy atom. The lowest BCUT2D eigenvalue weighted by atomic mass is 10.0. The van der Waals surface area contributed by atoms with Crippen molar-refractivity contribution in [1.29, 1.82) is 0 Å². The van der Waals surface area contributed by atoms with Gasteiger partial charge in [0.05, 0.1) is 11.7 Å². The van der Waals surface area contributed by atoms with E-state index in [2.05, 4.69) is 5.10 Å². The zero-order chi connectivity index (χ0) is 10.0. The monoisotopic (exact) mass is 189 g/mol. The van der Waals surface area contributed by atoms with Gasteiger partial charge in [0.15, 0.2) is 0 Å². The second-order valence-corrected chi connectivity index (χ2v) is 3.27. The summed E-state index contributed by atoms with van der Waals surface area (Å²) in [6.45, 7) is 1.26. The largest absolute Gasteiger partial charge is 0.333 e. The van der Waals surface area contributed by atoms with Crippen LogP contribution in [0.4, 0.5) is 8.78 Å². The van der Waals surface area contributed by atoms with Crippen molar-refractivity contribution >= 4 is 0 Å². The molecule has 13 heavy (non-hydrogen) atoms. The minimum atomic E-state index is -2.59. The van der Waals surface area contributed by atoms with E-state index < -0.39 is 6.55 Å². The third-order valence-corrected chi connectivity index (χ3v) is 1.89. The molecule has 0 bridgehead atoms. The molecule has 1 rings (SSSR count). The van der Waals surface area contributed by atoms with Gasteiger partial charge in [-0.1, -0.05) is 13.8 Å². The van der Waals surface area contributed by atoms with Crippen LogP contribution < -0.4 is 5.73 Å². The first-order valence-corrected chi connectivity index (χ1v) is 4.11. The molecule has 1 atom stereocenters. The second-order valence-electron chi connectivity index (χ2n) is 3.27. The van der Waals surface area contributed by atoms with E-state index in [0.29, 0.717) is 10.4 Å². The van der Waals surface area contributed by atoms with Crippen LogP contribution in [0.5, 0.6) is 0 Å². The summed E-state index contributed by atoms with van der Waals surface area (Å²) in [7, 11) is 0. The Hall–Kier alpha value is -0.970. The molecule has 0 saturated heterocycles. The van der Waals surface area contributed by atoms with E-state index in [9.17, 15) is 8.78 Å². The lowest BCUT2D eigenvalue weighted by molar-refractivity contribution is 0.0559. The molecule has 1 aromatic heterocycles. The highest BCUT2D eigenvalue weighted by Crippen LogP contribution is 2.18. The molecule has 1 heterocycles. The van der Waals surface area contributed by atoms with Crippen LogP contribution in [0.15, 0.2) is 12.3 Å². The average molecular weight is 189 g/mol. The zero-order valence-electron chi connectivity index (χ0n) is 7.61. The smallest absolute Gasteiger partial charge is 0.322 e. The Labute approximate surface area is 75.5 Å². The fourth-order valence-corrected chi connectivity index (χ4v) is 0.981. The van der Waals surface area contributed by atoms with E-state index in [4.69, 9.17) is 5.73 Å². The first-order valence-electron chi connectivity index (χ1n) is 4.11. The highest BCUT2D eigenvalue weighted by molar-refractivity contribution is 5.05. The Morgan fingerprint density at radius 3 is 2.46 bits per heavy atom. The van der Waals surface area contributed by atoms with Gasteiger partial charge in [-0.05, 0) is 12.0 Å². The molecule has 0 fully saturated rings. The van der Waals surface area contributed by atoms with Crippen LogP contribution in [-0.2, 0) is 0 Å². The molecule has 0 spiro atoms. The number of rotatable bonds is 3. The summed E-state index contributed by atoms with van der Waals surface area (Å²) in [6, 6.07) is 1.25. The van der Waals surface area contributed by atoms with Crippen molar-refractivity contribution in [1.82, 2.24) is 9.78 Å². The maximum Gasteiger partial charge on any atom is 0.333 e. The topological polar surface area (TPSA) is 43.8 Å². The molecular weight excluding hydrogens is 176 g/mol. The lowest BCUT2D eigenvalue weighted by Gasteiger charge is -2.12. The quantitative estimate of drug-likeness (QED) is 0.789. The number of hydrogen-bond donors (Lipinski definition) is 1. The molecule has 0 amide bonds. The highest BCUT2D eigenvalue weighted by atomic mass is 19.3. The van der Waals surface area contributed by atoms with E-state index in [1.165, 1.54) is 12.3 Å². The van der Waals surface area contributed by atoms with Crippen LogP contribution in [0.25, 0.3) is 0 Å². The Kier molecular flexibility index (Phi) is 2.98. The summed E-state index contributed by atoms with van der Waals surface area (Å²) in [5, 5.41) is 3.67. The normalized spacial score (nSPS) is 14.1. The second kappa shape index (κ2) is 3.83. The van der Waals surface area contributed by atoms with E-state index in [-0.39, 0.29) is 12.0 Å². The van der Waals surface area contributed by atoms with Gasteiger partial charge in [-0.3, -0.25) is 0 Å². The third-order valence-electron chi connectivity index (χ3n) is 1.89. The maximum absolute atomic E-state index is 12.1. The van der Waals surface area contributed by atoms with Crippen LogP contribution >= 0.6 is 0 Å². The number of hydrogen-bond acceptors (Lipinski definition) is 2. The molecule has 1 aromatic rings. The predicted octanol–water partition coefficient (Wildman–Crippen LogP) is 1.93. The Bertz CT molecular complexity index is 270. The Balaban J connectivity index is 2.79. The van der Waals surface area contributed by atoms with Crippen LogP contribution in [-0.4, -0.2) is 9.78 Å². The molecule has 0 aliphatic heterocycles. The predicted molar refractivity (Wildman–Crippen MR) is 45.2 cm³/mol. The van der Waals surface area contributed by atoms with Crippen LogP contribution in [0.2, 0.25) is 0 Å². The van der Waals surface area contributed by atoms with E-state index in [0.717, 1.165) is 0 Å². The number of halogens is 2. The van der Waals surface area contributed by atoms with Crippen molar-refractivity contribution in [3.63, 3.8) is 0 Å². The van der Waals surface area contributed by atoms with Crippen molar-refractivity contribution in [2.24, 2.45) is 11.7 Å². The summed E-state index contributed by atoms with van der Waals surface area (Å²) in [4.78, 5) is 0. The van der Waals surface area contributed by atoms with Gasteiger partial charge in [0.2, 0.25) is 0 Å². The summed E-state index contributed by atoms with van der Waals surface area (Å²) in [5.41, 5.74) is 6.24. The van der Waals surface area contributed by atoms with Crippen LogP contribution in [0, 0.1) is 5.92 Å². The van der Waals surface area contributed by atoms with Gasteiger partial charge in [0, 0.05) is 6.20 Å². The standard InChI is InChI=1S/C8H13F2N3/c1-5(2)7(11)6-3-4-13(12-6)8(9)10/h3-5,7-8H,11H2,1-2H3/t7-/m1/s1. The van der Waals surface area contributed by atoms with E-state index in [1.54, 1.807) is 0 Å². The molecule has 74 valence electrons. The molecule has 0 saturated carbocycles. The fourth-order valence-electron chi connectivity index (χ4n) is 0.981. The van der Waals surface area contributed by atoms with Gasteiger partial charge in [0.1, 0.15) is 0 Å². The van der Waals surface area contributed by atoms with Gasteiger partial charge in [0.25, 0.3) is 0 Å². The summed E-state index contributed by atoms with van der Waals surface area (Å²) in [6.07, 6.45) is 1.24. The lowest BCUT2D eigenvalue weighted by Crippen LogP contribution is -2.17. The average Bonchev–Trinajstić information content (AvgIpc) is 2.50. The van der Waals surface area contributed by atoms with Crippen molar-refractivity contribution in [3.8, 4) is 0 Å². The number of alkyl halides is 2. The van der Waals surface area contributed by atoms with Crippen LogP contribution in [0.3, 0.4) is 0 Å². The van der Waals surface area contributed by atoms with Crippen LogP contribution in [0.1, 0.15) is 32.1 Å². The summed E-state index contributed by atoms with van der Waals surface area (Å²) in [5.74, 6) is 0.195. The molecule has 0 radical (unpaired) electrons. The number of nitrogens with two attached hydrogens (primary N) is 1. The maximum atomic E-state index is 12.1. The van der Waals surface area contributed by atoms with Gasteiger partial charge in [-0.15, -0.1) is 0 Å². The third kappa shape index (κ3) is 2.24. The molecule has 0 aliphatic carbocycles. The molecule has 0 aliphatic rings. The molecule has 2 N–H and O–H groups in total. The van der Waals surface area contributed by atoms with Crippen molar-refractivity contribution < 1.29 is 8.78 Å². The van der Waals surface area contributed by atoms with Gasteiger partial charge < -0.3 is 5.73 Å². The highest BCUT2D eigenvalue weighted by Gasteiger charge is 2.15. The van der Waals surface area contributed by atoms with E-state index >= 15 is 0 Å². The minimum Gasteiger partial charge on any atom is -0.322 e. The Morgan fingerprint density at radius 2 is 2.08 bits per heavy atom. The molecule has 0 unspecified atom stereocenters. The van der Waals surface area contributed by atoms with Crippen molar-refractivity contribution in [2.45, 2.75) is 26.4 Å². The first-order chi connectivity index (χ1) is 6.02. The van der Waals surface area contributed by atoms with Gasteiger partial charge in [-0.2, -0.15) is 13.9 Å². The fraction of sp³-hybridized carbons (Fsp3) is 0.625. The van der Waals surface area contributed by atoms with E-state index in [1.807, 2.05) is 13.8 Å². The van der Waals surface area contributed by atoms with Gasteiger partial charge >= 0.3 is 6.55 Å². The summed E-state index contributed by atoms with van der Waals surface area (Å²) >= 11 is 0.